The van der Waals surface area contributed by atoms with Crippen molar-refractivity contribution in [2.45, 2.75) is 13.8 Å². The molecule has 0 fully saturated rings. The zero-order valence-corrected chi connectivity index (χ0v) is 9.95. The number of carboxylic acids is 2. The normalized spacial score (nSPS) is 9.44. The zero-order valence-electron chi connectivity index (χ0n) is 9.95. The van der Waals surface area contributed by atoms with E-state index < -0.39 is 17.6 Å². The highest BCUT2D eigenvalue weighted by atomic mass is 16.4. The fraction of sp³-hybridized carbons (Fsp3) is 0.167. The number of pyridine rings is 1. The summed E-state index contributed by atoms with van der Waals surface area (Å²) in [6, 6.07) is 1.45. The van der Waals surface area contributed by atoms with Crippen molar-refractivity contribution in [1.29, 1.82) is 0 Å². The van der Waals surface area contributed by atoms with Crippen molar-refractivity contribution >= 4 is 18.2 Å². The van der Waals surface area contributed by atoms with Gasteiger partial charge in [0.2, 0.25) is 0 Å². The summed E-state index contributed by atoms with van der Waals surface area (Å²) in [7, 11) is 0. The molecule has 0 aliphatic rings. The van der Waals surface area contributed by atoms with Crippen molar-refractivity contribution in [3.63, 3.8) is 0 Å². The van der Waals surface area contributed by atoms with Crippen LogP contribution in [0.1, 0.15) is 33.3 Å². The number of aromatic carboxylic acids is 2. The van der Waals surface area contributed by atoms with E-state index in [1.165, 1.54) is 25.3 Å². The van der Waals surface area contributed by atoms with E-state index in [4.69, 9.17) is 10.2 Å². The van der Waals surface area contributed by atoms with Gasteiger partial charge in [-0.2, -0.15) is 0 Å². The van der Waals surface area contributed by atoms with Crippen molar-refractivity contribution in [2.24, 2.45) is 0 Å². The number of allylic oxidation sites excluding steroid dienone is 2. The minimum Gasteiger partial charge on any atom is -0.478 e. The molecule has 0 atom stereocenters. The quantitative estimate of drug-likeness (QED) is 0.623. The Morgan fingerprint density at radius 1 is 1.28 bits per heavy atom. The molecule has 18 heavy (non-hydrogen) atoms. The highest BCUT2D eigenvalue weighted by Crippen LogP contribution is 2.11. The van der Waals surface area contributed by atoms with E-state index in [9.17, 15) is 14.4 Å². The molecule has 0 unspecified atom stereocenters. The molecule has 0 radical (unpaired) electrons. The molecule has 0 aliphatic heterocycles. The lowest BCUT2D eigenvalue weighted by atomic mass is 10.1. The SMILES string of the molecule is CC=CC=O.Cc1ccnc(C(=O)O)c1C(=O)O. The molecule has 6 nitrogen and oxygen atoms in total. The van der Waals surface area contributed by atoms with E-state index in [-0.39, 0.29) is 5.56 Å². The van der Waals surface area contributed by atoms with E-state index >= 15 is 0 Å². The average molecular weight is 251 g/mol. The number of rotatable bonds is 3. The molecule has 1 aromatic rings. The molecular formula is C12H13NO5. The third-order valence-corrected chi connectivity index (χ3v) is 1.85. The van der Waals surface area contributed by atoms with Crippen molar-refractivity contribution in [1.82, 2.24) is 4.98 Å². The van der Waals surface area contributed by atoms with Gasteiger partial charge in [0.15, 0.2) is 5.69 Å². The van der Waals surface area contributed by atoms with Crippen LogP contribution in [0.5, 0.6) is 0 Å². The standard InChI is InChI=1S/C8H7NO4.C4H6O/c1-4-2-3-9-6(8(12)13)5(4)7(10)11;1-2-3-4-5/h2-3H,1H3,(H,10,11)(H,12,13);2-4H,1H3. The molecule has 0 bridgehead atoms. The van der Waals surface area contributed by atoms with Crippen molar-refractivity contribution in [3.05, 3.63) is 41.2 Å². The van der Waals surface area contributed by atoms with Crippen LogP contribution in [0.3, 0.4) is 0 Å². The number of carbonyl (C=O) groups is 3. The fourth-order valence-electron chi connectivity index (χ4n) is 1.07. The van der Waals surface area contributed by atoms with E-state index in [0.29, 0.717) is 5.56 Å². The molecule has 0 aromatic carbocycles. The minimum atomic E-state index is -1.33. The summed E-state index contributed by atoms with van der Waals surface area (Å²) >= 11 is 0. The Kier molecular flexibility index (Phi) is 6.65. The molecule has 0 spiro atoms. The molecule has 96 valence electrons. The first-order valence-corrected chi connectivity index (χ1v) is 4.94. The topological polar surface area (TPSA) is 105 Å². The summed E-state index contributed by atoms with van der Waals surface area (Å²) in [6.45, 7) is 3.33. The van der Waals surface area contributed by atoms with E-state index in [0.717, 1.165) is 6.29 Å². The zero-order chi connectivity index (χ0) is 14.1. The molecule has 1 heterocycles. The first-order valence-electron chi connectivity index (χ1n) is 4.94. The van der Waals surface area contributed by atoms with Gasteiger partial charge in [-0.25, -0.2) is 14.6 Å². The van der Waals surface area contributed by atoms with Crippen LogP contribution in [-0.2, 0) is 4.79 Å². The van der Waals surface area contributed by atoms with Gasteiger partial charge in [0.25, 0.3) is 0 Å². The van der Waals surface area contributed by atoms with Gasteiger partial charge < -0.3 is 10.2 Å². The van der Waals surface area contributed by atoms with Gasteiger partial charge in [-0.3, -0.25) is 4.79 Å². The van der Waals surface area contributed by atoms with Crippen LogP contribution in [0.2, 0.25) is 0 Å². The van der Waals surface area contributed by atoms with E-state index in [1.807, 2.05) is 0 Å². The Bertz CT molecular complexity index is 479. The van der Waals surface area contributed by atoms with E-state index in [2.05, 4.69) is 4.98 Å². The van der Waals surface area contributed by atoms with Crippen molar-refractivity contribution in [3.8, 4) is 0 Å². The van der Waals surface area contributed by atoms with Gasteiger partial charge >= 0.3 is 11.9 Å². The second kappa shape index (κ2) is 7.72. The molecule has 0 saturated carbocycles. The van der Waals surface area contributed by atoms with Gasteiger partial charge in [0, 0.05) is 6.20 Å². The molecule has 0 amide bonds. The summed E-state index contributed by atoms with van der Waals surface area (Å²) in [5, 5.41) is 17.3. The molecule has 2 N–H and O–H groups in total. The van der Waals surface area contributed by atoms with Gasteiger partial charge in [0.1, 0.15) is 6.29 Å². The number of aryl methyl sites for hydroxylation is 1. The first kappa shape index (κ1) is 15.5. The van der Waals surface area contributed by atoms with Crippen LogP contribution in [-0.4, -0.2) is 33.4 Å². The predicted octanol–water partition coefficient (Wildman–Crippen LogP) is 1.55. The highest BCUT2D eigenvalue weighted by Gasteiger charge is 2.18. The minimum absolute atomic E-state index is 0.255. The Hall–Kier alpha value is -2.50. The maximum absolute atomic E-state index is 10.6. The highest BCUT2D eigenvalue weighted by molar-refractivity contribution is 6.01. The first-order chi connectivity index (χ1) is 8.45. The number of aromatic nitrogens is 1. The Morgan fingerprint density at radius 2 is 1.89 bits per heavy atom. The molecule has 0 aliphatic carbocycles. The average Bonchev–Trinajstić information content (AvgIpc) is 2.29. The molecule has 1 rings (SSSR count). The van der Waals surface area contributed by atoms with Gasteiger partial charge in [-0.1, -0.05) is 6.08 Å². The third kappa shape index (κ3) is 4.56. The number of aldehydes is 1. The lowest BCUT2D eigenvalue weighted by molar-refractivity contribution is -0.104. The third-order valence-electron chi connectivity index (χ3n) is 1.85. The van der Waals surface area contributed by atoms with Crippen molar-refractivity contribution in [2.75, 3.05) is 0 Å². The van der Waals surface area contributed by atoms with Gasteiger partial charge in [-0.15, -0.1) is 0 Å². The van der Waals surface area contributed by atoms with Crippen LogP contribution in [0.25, 0.3) is 0 Å². The summed E-state index contributed by atoms with van der Waals surface area (Å²) in [5.74, 6) is -2.61. The smallest absolute Gasteiger partial charge is 0.355 e. The van der Waals surface area contributed by atoms with Crippen LogP contribution in [0.15, 0.2) is 24.4 Å². The summed E-state index contributed by atoms with van der Waals surface area (Å²) in [5.41, 5.74) is -0.289. The molecule has 0 saturated heterocycles. The molecule has 6 heteroatoms. The number of hydrogen-bond donors (Lipinski definition) is 2. The fourth-order valence-corrected chi connectivity index (χ4v) is 1.07. The summed E-state index contributed by atoms with van der Waals surface area (Å²) in [6.07, 6.45) is 5.15. The predicted molar refractivity (Wildman–Crippen MR) is 63.8 cm³/mol. The van der Waals surface area contributed by atoms with Crippen LogP contribution >= 0.6 is 0 Å². The van der Waals surface area contributed by atoms with Crippen LogP contribution in [0.4, 0.5) is 0 Å². The van der Waals surface area contributed by atoms with Gasteiger partial charge in [-0.05, 0) is 31.6 Å². The van der Waals surface area contributed by atoms with Crippen molar-refractivity contribution < 1.29 is 24.6 Å². The largest absolute Gasteiger partial charge is 0.478 e. The maximum atomic E-state index is 10.6. The Labute approximate surface area is 104 Å². The number of carbonyl (C=O) groups excluding carboxylic acids is 1. The second-order valence-corrected chi connectivity index (χ2v) is 3.12. The number of carboxylic acid groups (broad SMARTS) is 2. The maximum Gasteiger partial charge on any atom is 0.355 e. The molecular weight excluding hydrogens is 238 g/mol. The second-order valence-electron chi connectivity index (χ2n) is 3.12. The van der Waals surface area contributed by atoms with E-state index in [1.54, 1.807) is 13.0 Å². The van der Waals surface area contributed by atoms with Crippen LogP contribution < -0.4 is 0 Å². The summed E-state index contributed by atoms with van der Waals surface area (Å²) < 4.78 is 0. The molecule has 1 aromatic heterocycles. The Morgan fingerprint density at radius 3 is 2.17 bits per heavy atom. The lowest BCUT2D eigenvalue weighted by Gasteiger charge is -2.02. The monoisotopic (exact) mass is 251 g/mol. The summed E-state index contributed by atoms with van der Waals surface area (Å²) in [4.78, 5) is 34.0. The van der Waals surface area contributed by atoms with Gasteiger partial charge in [0.05, 0.1) is 5.56 Å². The lowest BCUT2D eigenvalue weighted by Crippen LogP contribution is -2.12. The Balaban J connectivity index is 0.000000494. The van der Waals surface area contributed by atoms with Crippen LogP contribution in [0, 0.1) is 6.92 Å². The number of nitrogens with zero attached hydrogens (tertiary/aromatic N) is 1. The number of hydrogen-bond acceptors (Lipinski definition) is 4.